The SMILES string of the molecule is CN(C)c1ccc(P(=O)(O)O)cc1.NC1CCCCC1.NC1CCCCC1. The number of nitrogens with zero attached hydrogens (tertiary/aromatic N) is 1. The molecule has 156 valence electrons. The summed E-state index contributed by atoms with van der Waals surface area (Å²) in [6, 6.07) is 7.30. The minimum absolute atomic E-state index is 0.0538. The highest BCUT2D eigenvalue weighted by atomic mass is 31.2. The third-order valence-electron chi connectivity index (χ3n) is 5.00. The normalized spacial score (nSPS) is 18.6. The van der Waals surface area contributed by atoms with Crippen LogP contribution in [0.15, 0.2) is 24.3 Å². The third kappa shape index (κ3) is 10.9. The molecule has 3 rings (SSSR count). The van der Waals surface area contributed by atoms with Gasteiger partial charge in [0.25, 0.3) is 0 Å². The predicted molar refractivity (Wildman–Crippen MR) is 115 cm³/mol. The van der Waals surface area contributed by atoms with Gasteiger partial charge in [0, 0.05) is 31.9 Å². The van der Waals surface area contributed by atoms with Crippen molar-refractivity contribution in [3.8, 4) is 0 Å². The topological polar surface area (TPSA) is 113 Å². The van der Waals surface area contributed by atoms with Crippen molar-refractivity contribution >= 4 is 18.6 Å². The Morgan fingerprint density at radius 3 is 1.41 bits per heavy atom. The molecule has 2 saturated carbocycles. The molecule has 2 aliphatic carbocycles. The van der Waals surface area contributed by atoms with Gasteiger partial charge in [-0.25, -0.2) is 0 Å². The standard InChI is InChI=1S/C8H12NO3P.2C6H13N/c1-9(2)7-3-5-8(6-4-7)13(10,11)12;2*7-6-4-2-1-3-5-6/h3-6H,1-2H3,(H2,10,11,12);2*6H,1-5,7H2. The van der Waals surface area contributed by atoms with E-state index in [0.29, 0.717) is 12.1 Å². The molecule has 27 heavy (non-hydrogen) atoms. The fraction of sp³-hybridized carbons (Fsp3) is 0.700. The van der Waals surface area contributed by atoms with Crippen LogP contribution >= 0.6 is 7.60 Å². The molecule has 0 aromatic heterocycles. The number of hydrogen-bond acceptors (Lipinski definition) is 4. The summed E-state index contributed by atoms with van der Waals surface area (Å²) in [7, 11) is -0.352. The smallest absolute Gasteiger partial charge is 0.356 e. The van der Waals surface area contributed by atoms with Gasteiger partial charge in [-0.1, -0.05) is 38.5 Å². The van der Waals surface area contributed by atoms with Crippen LogP contribution in [0.25, 0.3) is 0 Å². The fourth-order valence-corrected chi connectivity index (χ4v) is 3.75. The zero-order valence-corrected chi connectivity index (χ0v) is 17.8. The molecule has 6 nitrogen and oxygen atoms in total. The monoisotopic (exact) mass is 399 g/mol. The summed E-state index contributed by atoms with van der Waals surface area (Å²) >= 11 is 0. The Hall–Kier alpha value is -0.910. The molecule has 1 aromatic rings. The number of anilines is 1. The first-order chi connectivity index (χ1) is 12.7. The zero-order chi connectivity index (χ0) is 20.3. The molecule has 0 radical (unpaired) electrons. The maximum Gasteiger partial charge on any atom is 0.356 e. The van der Waals surface area contributed by atoms with Crippen molar-refractivity contribution in [1.29, 1.82) is 0 Å². The number of hydrogen-bond donors (Lipinski definition) is 4. The van der Waals surface area contributed by atoms with E-state index >= 15 is 0 Å². The maximum absolute atomic E-state index is 10.8. The molecule has 0 unspecified atom stereocenters. The third-order valence-corrected chi connectivity index (χ3v) is 5.97. The van der Waals surface area contributed by atoms with Crippen molar-refractivity contribution in [2.24, 2.45) is 11.5 Å². The first-order valence-electron chi connectivity index (χ1n) is 10.0. The summed E-state index contributed by atoms with van der Waals surface area (Å²) in [5.41, 5.74) is 12.2. The summed E-state index contributed by atoms with van der Waals surface area (Å²) in [5.74, 6) is 0. The van der Waals surface area contributed by atoms with E-state index in [1.165, 1.54) is 76.3 Å². The second-order valence-corrected chi connectivity index (χ2v) is 9.36. The lowest BCUT2D eigenvalue weighted by atomic mass is 9.97. The van der Waals surface area contributed by atoms with Gasteiger partial charge in [-0.15, -0.1) is 0 Å². The van der Waals surface area contributed by atoms with Crippen LogP contribution in [0.1, 0.15) is 64.2 Å². The molecule has 0 atom stereocenters. The quantitative estimate of drug-likeness (QED) is 0.569. The van der Waals surface area contributed by atoms with E-state index < -0.39 is 7.60 Å². The van der Waals surface area contributed by atoms with E-state index in [4.69, 9.17) is 21.3 Å². The van der Waals surface area contributed by atoms with Crippen LogP contribution < -0.4 is 21.7 Å². The molecule has 2 fully saturated rings. The van der Waals surface area contributed by atoms with E-state index in [0.717, 1.165) is 5.69 Å². The van der Waals surface area contributed by atoms with Gasteiger partial charge in [-0.2, -0.15) is 0 Å². The molecular formula is C20H38N3O3P. The molecule has 0 aliphatic heterocycles. The summed E-state index contributed by atoms with van der Waals surface area (Å²) in [5, 5.41) is 0.0538. The van der Waals surface area contributed by atoms with Crippen LogP contribution in [0, 0.1) is 0 Å². The van der Waals surface area contributed by atoms with Gasteiger partial charge in [-0.05, 0) is 49.9 Å². The summed E-state index contributed by atoms with van der Waals surface area (Å²) < 4.78 is 10.8. The lowest BCUT2D eigenvalue weighted by Crippen LogP contribution is -2.22. The first kappa shape index (κ1) is 24.1. The van der Waals surface area contributed by atoms with Crippen molar-refractivity contribution < 1.29 is 14.4 Å². The molecular weight excluding hydrogens is 361 g/mol. The second-order valence-electron chi connectivity index (χ2n) is 7.75. The average Bonchev–Trinajstić information content (AvgIpc) is 2.63. The highest BCUT2D eigenvalue weighted by Gasteiger charge is 2.16. The van der Waals surface area contributed by atoms with Crippen molar-refractivity contribution in [1.82, 2.24) is 0 Å². The largest absolute Gasteiger partial charge is 0.378 e. The zero-order valence-electron chi connectivity index (χ0n) is 16.9. The average molecular weight is 400 g/mol. The number of rotatable bonds is 2. The van der Waals surface area contributed by atoms with E-state index in [-0.39, 0.29) is 5.30 Å². The Kier molecular flexibility index (Phi) is 11.2. The van der Waals surface area contributed by atoms with Crippen molar-refractivity contribution in [2.75, 3.05) is 19.0 Å². The fourth-order valence-electron chi connectivity index (χ4n) is 3.21. The summed E-state index contributed by atoms with van der Waals surface area (Å²) in [6.45, 7) is 0. The maximum atomic E-state index is 10.8. The molecule has 0 amide bonds. The van der Waals surface area contributed by atoms with Crippen molar-refractivity contribution in [3.63, 3.8) is 0 Å². The van der Waals surface area contributed by atoms with E-state index in [1.807, 2.05) is 19.0 Å². The molecule has 7 heteroatoms. The Bertz CT molecular complexity index is 532. The van der Waals surface area contributed by atoms with Crippen LogP contribution in [0.2, 0.25) is 0 Å². The van der Waals surface area contributed by atoms with Gasteiger partial charge in [0.1, 0.15) is 0 Å². The second kappa shape index (κ2) is 12.5. The number of nitrogens with two attached hydrogens (primary N) is 2. The predicted octanol–water partition coefficient (Wildman–Crippen LogP) is 3.11. The Morgan fingerprint density at radius 1 is 0.815 bits per heavy atom. The van der Waals surface area contributed by atoms with E-state index in [9.17, 15) is 4.57 Å². The van der Waals surface area contributed by atoms with Gasteiger partial charge in [0.05, 0.1) is 5.30 Å². The molecule has 1 aromatic carbocycles. The van der Waals surface area contributed by atoms with Gasteiger partial charge >= 0.3 is 7.60 Å². The van der Waals surface area contributed by atoms with Crippen LogP contribution in [0.5, 0.6) is 0 Å². The lowest BCUT2D eigenvalue weighted by Gasteiger charge is -2.15. The van der Waals surface area contributed by atoms with E-state index in [1.54, 1.807) is 12.1 Å². The summed E-state index contributed by atoms with van der Waals surface area (Å²) in [6.07, 6.45) is 13.3. The van der Waals surface area contributed by atoms with Gasteiger partial charge in [-0.3, -0.25) is 4.57 Å². The Balaban J connectivity index is 0.000000220. The molecule has 0 bridgehead atoms. The van der Waals surface area contributed by atoms with Gasteiger partial charge in [0.15, 0.2) is 0 Å². The van der Waals surface area contributed by atoms with Gasteiger partial charge < -0.3 is 26.2 Å². The Labute approximate surface area is 164 Å². The molecule has 0 spiro atoms. The Morgan fingerprint density at radius 2 is 1.19 bits per heavy atom. The highest BCUT2D eigenvalue weighted by molar-refractivity contribution is 7.60. The van der Waals surface area contributed by atoms with Crippen molar-refractivity contribution in [2.45, 2.75) is 76.3 Å². The molecule has 6 N–H and O–H groups in total. The van der Waals surface area contributed by atoms with Gasteiger partial charge in [0.2, 0.25) is 0 Å². The summed E-state index contributed by atoms with van der Waals surface area (Å²) in [4.78, 5) is 19.5. The minimum atomic E-state index is -4.09. The van der Waals surface area contributed by atoms with E-state index in [2.05, 4.69) is 0 Å². The lowest BCUT2D eigenvalue weighted by molar-refractivity contribution is 0.387. The van der Waals surface area contributed by atoms with Crippen LogP contribution in [0.3, 0.4) is 0 Å². The van der Waals surface area contributed by atoms with Crippen molar-refractivity contribution in [3.05, 3.63) is 24.3 Å². The first-order valence-corrected chi connectivity index (χ1v) is 11.7. The van der Waals surface area contributed by atoms with Crippen LogP contribution in [0.4, 0.5) is 5.69 Å². The molecule has 0 saturated heterocycles. The highest BCUT2D eigenvalue weighted by Crippen LogP contribution is 2.33. The van der Waals surface area contributed by atoms with Crippen LogP contribution in [-0.4, -0.2) is 36.0 Å². The number of benzene rings is 1. The minimum Gasteiger partial charge on any atom is -0.378 e. The van der Waals surface area contributed by atoms with Crippen LogP contribution in [-0.2, 0) is 4.57 Å². The molecule has 0 heterocycles. The molecule has 2 aliphatic rings.